The molecule has 0 saturated heterocycles. The highest BCUT2D eigenvalue weighted by Gasteiger charge is 2.23. The molecule has 0 bridgehead atoms. The maximum atomic E-state index is 4.49. The minimum absolute atomic E-state index is 0.732. The van der Waals surface area contributed by atoms with Crippen LogP contribution in [0.4, 0.5) is 0 Å². The van der Waals surface area contributed by atoms with Gasteiger partial charge in [0, 0.05) is 17.5 Å². The predicted octanol–water partition coefficient (Wildman–Crippen LogP) is 3.82. The Bertz CT molecular complexity index is 359. The van der Waals surface area contributed by atoms with E-state index in [1.54, 1.807) is 0 Å². The fourth-order valence-electron chi connectivity index (χ4n) is 2.93. The van der Waals surface area contributed by atoms with Crippen LogP contribution in [0.5, 0.6) is 0 Å². The van der Waals surface area contributed by atoms with E-state index >= 15 is 0 Å². The summed E-state index contributed by atoms with van der Waals surface area (Å²) in [5, 5.41) is 4.95. The van der Waals surface area contributed by atoms with E-state index < -0.39 is 0 Å². The Hall–Kier alpha value is -0.410. The van der Waals surface area contributed by atoms with E-state index in [9.17, 15) is 0 Å². The number of nitrogens with zero attached hydrogens (tertiary/aromatic N) is 1. The Labute approximate surface area is 109 Å². The quantitative estimate of drug-likeness (QED) is 0.881. The zero-order chi connectivity index (χ0) is 12.3. The van der Waals surface area contributed by atoms with Gasteiger partial charge in [-0.1, -0.05) is 26.2 Å². The van der Waals surface area contributed by atoms with Gasteiger partial charge in [0.15, 0.2) is 0 Å². The second kappa shape index (κ2) is 5.96. The standard InChI is InChI=1S/C14H24N2S/c1-4-12-7-5-6-8-13(12)15-9-14-10(2)16-11(3)17-14/h12-13,15H,4-9H2,1-3H3. The van der Waals surface area contributed by atoms with Crippen molar-refractivity contribution in [2.24, 2.45) is 5.92 Å². The van der Waals surface area contributed by atoms with Gasteiger partial charge in [0.25, 0.3) is 0 Å². The number of thiazole rings is 1. The first-order valence-electron chi connectivity index (χ1n) is 6.87. The van der Waals surface area contributed by atoms with Crippen LogP contribution in [0.25, 0.3) is 0 Å². The molecule has 17 heavy (non-hydrogen) atoms. The second-order valence-corrected chi connectivity index (χ2v) is 6.47. The zero-order valence-corrected chi connectivity index (χ0v) is 12.1. The van der Waals surface area contributed by atoms with Gasteiger partial charge in [0.05, 0.1) is 10.7 Å². The average Bonchev–Trinajstić information content (AvgIpc) is 2.65. The van der Waals surface area contributed by atoms with E-state index in [1.165, 1.54) is 47.7 Å². The maximum Gasteiger partial charge on any atom is 0.0900 e. The van der Waals surface area contributed by atoms with Crippen LogP contribution in [0.3, 0.4) is 0 Å². The first-order chi connectivity index (χ1) is 8.20. The molecule has 2 nitrogen and oxygen atoms in total. The van der Waals surface area contributed by atoms with E-state index in [-0.39, 0.29) is 0 Å². The lowest BCUT2D eigenvalue weighted by Gasteiger charge is -2.31. The highest BCUT2D eigenvalue weighted by Crippen LogP contribution is 2.27. The normalized spacial score (nSPS) is 25.1. The van der Waals surface area contributed by atoms with E-state index in [0.29, 0.717) is 0 Å². The van der Waals surface area contributed by atoms with Gasteiger partial charge in [0.1, 0.15) is 0 Å². The van der Waals surface area contributed by atoms with Crippen molar-refractivity contribution in [3.05, 3.63) is 15.6 Å². The van der Waals surface area contributed by atoms with Crippen molar-refractivity contribution in [2.45, 2.75) is 65.5 Å². The summed E-state index contributed by atoms with van der Waals surface area (Å²) >= 11 is 1.84. The first-order valence-corrected chi connectivity index (χ1v) is 7.68. The molecule has 0 amide bonds. The smallest absolute Gasteiger partial charge is 0.0900 e. The number of aromatic nitrogens is 1. The molecule has 3 heteroatoms. The molecule has 2 atom stereocenters. The molecule has 1 saturated carbocycles. The molecule has 2 unspecified atom stereocenters. The molecule has 1 fully saturated rings. The molecule has 1 aromatic heterocycles. The van der Waals surface area contributed by atoms with Crippen LogP contribution in [-0.4, -0.2) is 11.0 Å². The Morgan fingerprint density at radius 2 is 2.06 bits per heavy atom. The fraction of sp³-hybridized carbons (Fsp3) is 0.786. The van der Waals surface area contributed by atoms with Crippen LogP contribution in [0.2, 0.25) is 0 Å². The van der Waals surface area contributed by atoms with Gasteiger partial charge in [-0.15, -0.1) is 11.3 Å². The summed E-state index contributed by atoms with van der Waals surface area (Å²) in [4.78, 5) is 5.91. The van der Waals surface area contributed by atoms with E-state index in [4.69, 9.17) is 0 Å². The number of hydrogen-bond donors (Lipinski definition) is 1. The molecule has 1 N–H and O–H groups in total. The molecule has 0 aromatic carbocycles. The molecule has 0 radical (unpaired) electrons. The lowest BCUT2D eigenvalue weighted by Crippen LogP contribution is -2.37. The molecule has 2 rings (SSSR count). The number of hydrogen-bond acceptors (Lipinski definition) is 3. The Morgan fingerprint density at radius 3 is 2.71 bits per heavy atom. The number of aryl methyl sites for hydroxylation is 2. The van der Waals surface area contributed by atoms with Gasteiger partial charge in [-0.05, 0) is 32.6 Å². The minimum Gasteiger partial charge on any atom is -0.309 e. The van der Waals surface area contributed by atoms with Crippen LogP contribution in [-0.2, 0) is 6.54 Å². The molecule has 0 spiro atoms. The number of rotatable bonds is 4. The van der Waals surface area contributed by atoms with Crippen molar-refractivity contribution >= 4 is 11.3 Å². The highest BCUT2D eigenvalue weighted by molar-refractivity contribution is 7.11. The van der Waals surface area contributed by atoms with Crippen LogP contribution in [0.15, 0.2) is 0 Å². The van der Waals surface area contributed by atoms with Gasteiger partial charge in [0.2, 0.25) is 0 Å². The maximum absolute atomic E-state index is 4.49. The summed E-state index contributed by atoms with van der Waals surface area (Å²) < 4.78 is 0. The summed E-state index contributed by atoms with van der Waals surface area (Å²) in [6, 6.07) is 0.732. The van der Waals surface area contributed by atoms with Crippen molar-refractivity contribution < 1.29 is 0 Å². The monoisotopic (exact) mass is 252 g/mol. The van der Waals surface area contributed by atoms with Crippen molar-refractivity contribution in [1.82, 2.24) is 10.3 Å². The van der Waals surface area contributed by atoms with Crippen LogP contribution in [0, 0.1) is 19.8 Å². The summed E-state index contributed by atoms with van der Waals surface area (Å²) in [5.41, 5.74) is 1.21. The molecule has 0 aliphatic heterocycles. The van der Waals surface area contributed by atoms with E-state index in [2.05, 4.69) is 31.1 Å². The minimum atomic E-state index is 0.732. The van der Waals surface area contributed by atoms with Crippen molar-refractivity contribution in [3.63, 3.8) is 0 Å². The van der Waals surface area contributed by atoms with Crippen LogP contribution >= 0.6 is 11.3 Å². The van der Waals surface area contributed by atoms with Gasteiger partial charge in [-0.2, -0.15) is 0 Å². The van der Waals surface area contributed by atoms with Gasteiger partial charge in [-0.25, -0.2) is 4.98 Å². The van der Waals surface area contributed by atoms with Crippen LogP contribution in [0.1, 0.15) is 54.6 Å². The molecule has 1 aliphatic carbocycles. The molecule has 1 aliphatic rings. The van der Waals surface area contributed by atoms with Gasteiger partial charge in [-0.3, -0.25) is 0 Å². The zero-order valence-electron chi connectivity index (χ0n) is 11.3. The molecule has 1 aromatic rings. The van der Waals surface area contributed by atoms with Crippen molar-refractivity contribution in [1.29, 1.82) is 0 Å². The third-order valence-corrected chi connectivity index (χ3v) is 5.03. The lowest BCUT2D eigenvalue weighted by atomic mass is 9.83. The summed E-state index contributed by atoms with van der Waals surface area (Å²) in [7, 11) is 0. The highest BCUT2D eigenvalue weighted by atomic mass is 32.1. The van der Waals surface area contributed by atoms with Gasteiger partial charge < -0.3 is 5.32 Å². The summed E-state index contributed by atoms with van der Waals surface area (Å²) in [6.07, 6.45) is 6.91. The SMILES string of the molecule is CCC1CCCCC1NCc1sc(C)nc1C. The molecular weight excluding hydrogens is 228 g/mol. The third-order valence-electron chi connectivity index (χ3n) is 3.96. The second-order valence-electron chi connectivity index (χ2n) is 5.18. The Morgan fingerprint density at radius 1 is 1.29 bits per heavy atom. The fourth-order valence-corrected chi connectivity index (χ4v) is 3.81. The van der Waals surface area contributed by atoms with Crippen molar-refractivity contribution in [3.8, 4) is 0 Å². The van der Waals surface area contributed by atoms with E-state index in [0.717, 1.165) is 18.5 Å². The first kappa shape index (κ1) is 13.0. The molecular formula is C14H24N2S. The van der Waals surface area contributed by atoms with E-state index in [1.807, 2.05) is 11.3 Å². The van der Waals surface area contributed by atoms with Crippen molar-refractivity contribution in [2.75, 3.05) is 0 Å². The average molecular weight is 252 g/mol. The van der Waals surface area contributed by atoms with Gasteiger partial charge >= 0.3 is 0 Å². The predicted molar refractivity (Wildman–Crippen MR) is 74.5 cm³/mol. The number of nitrogens with one attached hydrogen (secondary N) is 1. The third kappa shape index (κ3) is 3.29. The summed E-state index contributed by atoms with van der Waals surface area (Å²) in [5.74, 6) is 0.887. The van der Waals surface area contributed by atoms with Crippen LogP contribution < -0.4 is 5.32 Å². The molecule has 1 heterocycles. The Balaban J connectivity index is 1.90. The molecule has 96 valence electrons. The Kier molecular flexibility index (Phi) is 4.57. The summed E-state index contributed by atoms with van der Waals surface area (Å²) in [6.45, 7) is 7.56. The largest absolute Gasteiger partial charge is 0.309 e. The topological polar surface area (TPSA) is 24.9 Å². The lowest BCUT2D eigenvalue weighted by molar-refractivity contribution is 0.255.